The molecular formula is C24H31N3O4. The van der Waals surface area contributed by atoms with Crippen LogP contribution in [-0.2, 0) is 11.3 Å². The first kappa shape index (κ1) is 20.5. The van der Waals surface area contributed by atoms with Crippen molar-refractivity contribution in [1.29, 1.82) is 0 Å². The maximum Gasteiger partial charge on any atom is 0.254 e. The van der Waals surface area contributed by atoms with Gasteiger partial charge in [-0.2, -0.15) is 0 Å². The van der Waals surface area contributed by atoms with E-state index in [2.05, 4.69) is 10.1 Å². The molecule has 1 amide bonds. The van der Waals surface area contributed by atoms with Crippen molar-refractivity contribution >= 4 is 5.91 Å². The number of carbonyl (C=O) groups is 1. The summed E-state index contributed by atoms with van der Waals surface area (Å²) < 4.78 is 17.2. The van der Waals surface area contributed by atoms with Gasteiger partial charge in [0.2, 0.25) is 0 Å². The highest BCUT2D eigenvalue weighted by atomic mass is 16.5. The lowest BCUT2D eigenvalue weighted by Crippen LogP contribution is -2.63. The molecule has 0 radical (unpaired) electrons. The zero-order valence-electron chi connectivity index (χ0n) is 18.4. The number of hydrogen-bond acceptors (Lipinski definition) is 6. The topological polar surface area (TPSA) is 68.0 Å². The van der Waals surface area contributed by atoms with Crippen molar-refractivity contribution in [1.82, 2.24) is 15.0 Å². The third-order valence-electron chi connectivity index (χ3n) is 7.01. The Balaban J connectivity index is 1.13. The first-order valence-electron chi connectivity index (χ1n) is 11.3. The monoisotopic (exact) mass is 425 g/mol. The molecule has 4 heterocycles. The van der Waals surface area contributed by atoms with Gasteiger partial charge < -0.3 is 18.9 Å². The van der Waals surface area contributed by atoms with Crippen molar-refractivity contribution in [3.8, 4) is 5.75 Å². The molecule has 1 atom stereocenters. The number of amides is 1. The number of hydrogen-bond donors (Lipinski definition) is 0. The maximum atomic E-state index is 12.9. The van der Waals surface area contributed by atoms with Gasteiger partial charge in [0.05, 0.1) is 31.0 Å². The Morgan fingerprint density at radius 1 is 1.16 bits per heavy atom. The predicted molar refractivity (Wildman–Crippen MR) is 115 cm³/mol. The molecule has 0 N–H and O–H groups in total. The summed E-state index contributed by atoms with van der Waals surface area (Å²) in [5.41, 5.74) is 2.36. The average Bonchev–Trinajstić information content (AvgIpc) is 3.36. The lowest BCUT2D eigenvalue weighted by Gasteiger charge is -2.47. The van der Waals surface area contributed by atoms with Crippen LogP contribution in [0.3, 0.4) is 0 Å². The van der Waals surface area contributed by atoms with E-state index in [9.17, 15) is 4.79 Å². The third-order valence-corrected chi connectivity index (χ3v) is 7.01. The minimum Gasteiger partial charge on any atom is -0.489 e. The van der Waals surface area contributed by atoms with E-state index in [0.29, 0.717) is 31.3 Å². The Morgan fingerprint density at radius 3 is 2.58 bits per heavy atom. The van der Waals surface area contributed by atoms with E-state index in [1.54, 1.807) is 0 Å². The summed E-state index contributed by atoms with van der Waals surface area (Å²) in [6, 6.07) is 7.88. The van der Waals surface area contributed by atoms with Crippen molar-refractivity contribution in [3.05, 3.63) is 46.8 Å². The largest absolute Gasteiger partial charge is 0.489 e. The second-order valence-corrected chi connectivity index (χ2v) is 9.23. The van der Waals surface area contributed by atoms with Crippen LogP contribution in [-0.4, -0.2) is 65.3 Å². The van der Waals surface area contributed by atoms with Crippen LogP contribution in [0, 0.1) is 13.8 Å². The number of rotatable bonds is 5. The fourth-order valence-electron chi connectivity index (χ4n) is 5.09. The fourth-order valence-corrected chi connectivity index (χ4v) is 5.09. The summed E-state index contributed by atoms with van der Waals surface area (Å²) in [5, 5.41) is 3.94. The van der Waals surface area contributed by atoms with E-state index in [1.807, 2.05) is 43.0 Å². The van der Waals surface area contributed by atoms with Crippen LogP contribution in [0.1, 0.15) is 53.1 Å². The van der Waals surface area contributed by atoms with E-state index < -0.39 is 0 Å². The van der Waals surface area contributed by atoms with Crippen molar-refractivity contribution in [2.24, 2.45) is 0 Å². The summed E-state index contributed by atoms with van der Waals surface area (Å²) in [7, 11) is 0. The number of likely N-dealkylation sites (tertiary alicyclic amines) is 2. The smallest absolute Gasteiger partial charge is 0.254 e. The fraction of sp³-hybridized carbons (Fsp3) is 0.583. The summed E-state index contributed by atoms with van der Waals surface area (Å²) in [4.78, 5) is 17.4. The number of nitrogens with zero attached hydrogens (tertiary/aromatic N) is 3. The van der Waals surface area contributed by atoms with Gasteiger partial charge in [-0.25, -0.2) is 0 Å². The molecule has 1 aromatic carbocycles. The summed E-state index contributed by atoms with van der Waals surface area (Å²) >= 11 is 0. The van der Waals surface area contributed by atoms with Gasteiger partial charge in [0.1, 0.15) is 23.7 Å². The Kier molecular flexibility index (Phi) is 5.48. The molecule has 5 rings (SSSR count). The van der Waals surface area contributed by atoms with Crippen LogP contribution < -0.4 is 4.74 Å². The molecule has 0 saturated carbocycles. The van der Waals surface area contributed by atoms with Crippen LogP contribution in [0.15, 0.2) is 28.8 Å². The van der Waals surface area contributed by atoms with Gasteiger partial charge in [-0.1, -0.05) is 11.6 Å². The van der Waals surface area contributed by atoms with Crippen LogP contribution in [0.5, 0.6) is 5.75 Å². The molecule has 7 heteroatoms. The number of carbonyl (C=O) groups excluding carboxylic acids is 1. The normalized spacial score (nSPS) is 23.2. The Bertz CT molecular complexity index is 907. The number of ether oxygens (including phenoxy) is 2. The lowest BCUT2D eigenvalue weighted by molar-refractivity contribution is -0.0950. The number of aryl methyl sites for hydroxylation is 2. The van der Waals surface area contributed by atoms with E-state index in [0.717, 1.165) is 35.8 Å². The molecule has 31 heavy (non-hydrogen) atoms. The molecule has 3 saturated heterocycles. The second kappa shape index (κ2) is 8.28. The van der Waals surface area contributed by atoms with Gasteiger partial charge >= 0.3 is 0 Å². The summed E-state index contributed by atoms with van der Waals surface area (Å²) in [6.07, 6.45) is 4.99. The number of benzene rings is 1. The maximum absolute atomic E-state index is 12.9. The zero-order valence-corrected chi connectivity index (χ0v) is 18.4. The van der Waals surface area contributed by atoms with E-state index in [1.165, 1.54) is 32.4 Å². The van der Waals surface area contributed by atoms with E-state index in [4.69, 9.17) is 14.0 Å². The van der Waals surface area contributed by atoms with Gasteiger partial charge in [0, 0.05) is 11.6 Å². The predicted octanol–water partition coefficient (Wildman–Crippen LogP) is 3.34. The molecule has 3 aliphatic rings. The van der Waals surface area contributed by atoms with Crippen molar-refractivity contribution in [3.63, 3.8) is 0 Å². The lowest BCUT2D eigenvalue weighted by atomic mass is 9.88. The zero-order chi connectivity index (χ0) is 21.4. The van der Waals surface area contributed by atoms with Gasteiger partial charge in [0.15, 0.2) is 0 Å². The molecule has 1 unspecified atom stereocenters. The minimum atomic E-state index is -0.130. The summed E-state index contributed by atoms with van der Waals surface area (Å²) in [5.74, 6) is 1.56. The second-order valence-electron chi connectivity index (χ2n) is 9.23. The SMILES string of the molecule is Cc1noc(C)c1COc1ccc(C(=O)N2CC3(CC(N4CCCCC4)CO3)C2)cc1. The van der Waals surface area contributed by atoms with Crippen LogP contribution in [0.4, 0.5) is 0 Å². The molecule has 0 bridgehead atoms. The molecule has 3 fully saturated rings. The molecule has 1 spiro atoms. The van der Waals surface area contributed by atoms with Crippen molar-refractivity contribution in [2.75, 3.05) is 32.8 Å². The quantitative estimate of drug-likeness (QED) is 0.732. The highest BCUT2D eigenvalue weighted by Gasteiger charge is 2.52. The highest BCUT2D eigenvalue weighted by Crippen LogP contribution is 2.38. The van der Waals surface area contributed by atoms with E-state index >= 15 is 0 Å². The Morgan fingerprint density at radius 2 is 1.90 bits per heavy atom. The van der Waals surface area contributed by atoms with Crippen molar-refractivity contribution in [2.45, 2.75) is 57.8 Å². The van der Waals surface area contributed by atoms with E-state index in [-0.39, 0.29) is 11.5 Å². The average molecular weight is 426 g/mol. The molecule has 1 aromatic heterocycles. The van der Waals surface area contributed by atoms with Crippen LogP contribution in [0.25, 0.3) is 0 Å². The van der Waals surface area contributed by atoms with Gasteiger partial charge in [-0.3, -0.25) is 9.69 Å². The molecular weight excluding hydrogens is 394 g/mol. The van der Waals surface area contributed by atoms with Gasteiger partial charge in [0.25, 0.3) is 5.91 Å². The third kappa shape index (κ3) is 4.08. The molecule has 3 aliphatic heterocycles. The first-order chi connectivity index (χ1) is 15.0. The first-order valence-corrected chi connectivity index (χ1v) is 11.3. The molecule has 166 valence electrons. The van der Waals surface area contributed by atoms with Crippen LogP contribution in [0.2, 0.25) is 0 Å². The molecule has 7 nitrogen and oxygen atoms in total. The Hall–Kier alpha value is -2.38. The van der Waals surface area contributed by atoms with Gasteiger partial charge in [-0.05, 0) is 70.5 Å². The highest BCUT2D eigenvalue weighted by molar-refractivity contribution is 5.95. The number of piperidine rings is 1. The van der Waals surface area contributed by atoms with Crippen LogP contribution >= 0.6 is 0 Å². The Labute approximate surface area is 183 Å². The van der Waals surface area contributed by atoms with Crippen molar-refractivity contribution < 1.29 is 18.8 Å². The summed E-state index contributed by atoms with van der Waals surface area (Å²) in [6.45, 7) is 8.76. The number of aromatic nitrogens is 1. The standard InChI is InChI=1S/C24H31N3O4/c1-17-22(18(2)31-25-17)14-29-21-8-6-19(7-9-21)23(28)27-15-24(16-27)12-20(13-30-24)26-10-4-3-5-11-26/h6-9,20H,3-5,10-16H2,1-2H3. The van der Waals surface area contributed by atoms with Gasteiger partial charge in [-0.15, -0.1) is 0 Å². The molecule has 0 aliphatic carbocycles. The molecule has 2 aromatic rings. The minimum absolute atomic E-state index is 0.0629.